The highest BCUT2D eigenvalue weighted by atomic mass is 32.2. The fraction of sp³-hybridized carbons (Fsp3) is 0.545. The Morgan fingerprint density at radius 1 is 1.19 bits per heavy atom. The predicted octanol–water partition coefficient (Wildman–Crippen LogP) is 5.92. The molecule has 144 valence electrons. The van der Waals surface area contributed by atoms with Crippen molar-refractivity contribution in [3.8, 4) is 5.69 Å². The third-order valence-electron chi connectivity index (χ3n) is 6.42. The molecule has 1 fully saturated rings. The van der Waals surface area contributed by atoms with Gasteiger partial charge in [-0.2, -0.15) is 0 Å². The number of aryl methyl sites for hydroxylation is 2. The lowest BCUT2D eigenvalue weighted by atomic mass is 9.69. The molecule has 2 aromatic rings. The highest BCUT2D eigenvalue weighted by Crippen LogP contribution is 2.53. The Balaban J connectivity index is 1.82. The summed E-state index contributed by atoms with van der Waals surface area (Å²) >= 11 is 7.47. The molecule has 0 spiro atoms. The van der Waals surface area contributed by atoms with Crippen molar-refractivity contribution in [1.82, 2.24) is 9.55 Å². The fourth-order valence-corrected chi connectivity index (χ4v) is 6.77. The number of fused-ring (bicyclic) bond motifs is 3. The van der Waals surface area contributed by atoms with E-state index in [2.05, 4.69) is 25.8 Å². The second kappa shape index (κ2) is 6.63. The highest BCUT2D eigenvalue weighted by molar-refractivity contribution is 8.00. The van der Waals surface area contributed by atoms with Crippen LogP contribution in [0.3, 0.4) is 0 Å². The molecule has 3 nitrogen and oxygen atoms in total. The average Bonchev–Trinajstić information content (AvgIpc) is 2.93. The third kappa shape index (κ3) is 3.13. The van der Waals surface area contributed by atoms with E-state index in [0.717, 1.165) is 33.8 Å². The number of thioether (sulfide) groups is 1. The van der Waals surface area contributed by atoms with Crippen molar-refractivity contribution in [3.63, 3.8) is 0 Å². The van der Waals surface area contributed by atoms with Crippen LogP contribution in [0.15, 0.2) is 28.0 Å². The number of aromatic nitrogens is 2. The maximum absolute atomic E-state index is 13.6. The molecule has 5 heteroatoms. The number of nitrogens with one attached hydrogen (secondary N) is 1. The van der Waals surface area contributed by atoms with Gasteiger partial charge in [-0.05, 0) is 67.8 Å². The molecule has 4 rings (SSSR count). The minimum absolute atomic E-state index is 0.0837. The molecule has 3 unspecified atom stereocenters. The minimum atomic E-state index is 0.0837. The fourth-order valence-electron chi connectivity index (χ4n) is 4.84. The molecule has 1 aromatic carbocycles. The molecular weight excluding hydrogens is 372 g/mol. The van der Waals surface area contributed by atoms with Crippen LogP contribution in [0.1, 0.15) is 62.6 Å². The lowest BCUT2D eigenvalue weighted by molar-refractivity contribution is 0.174. The molecule has 0 bridgehead atoms. The number of rotatable bonds is 1. The molecule has 2 aliphatic rings. The number of H-pyrrole nitrogens is 1. The van der Waals surface area contributed by atoms with Crippen molar-refractivity contribution in [3.05, 3.63) is 50.0 Å². The number of para-hydroxylation sites is 1. The zero-order valence-corrected chi connectivity index (χ0v) is 18.4. The summed E-state index contributed by atoms with van der Waals surface area (Å²) < 4.78 is 2.24. The second-order valence-corrected chi connectivity index (χ2v) is 10.8. The van der Waals surface area contributed by atoms with Gasteiger partial charge in [0.1, 0.15) is 0 Å². The van der Waals surface area contributed by atoms with E-state index < -0.39 is 0 Å². The topological polar surface area (TPSA) is 37.8 Å². The molecule has 0 radical (unpaired) electrons. The van der Waals surface area contributed by atoms with E-state index in [1.54, 1.807) is 4.57 Å². The van der Waals surface area contributed by atoms with Crippen LogP contribution < -0.4 is 5.56 Å². The molecule has 1 saturated carbocycles. The Labute approximate surface area is 170 Å². The van der Waals surface area contributed by atoms with E-state index in [9.17, 15) is 4.79 Å². The Bertz CT molecular complexity index is 992. The van der Waals surface area contributed by atoms with E-state index in [1.807, 2.05) is 43.8 Å². The summed E-state index contributed by atoms with van der Waals surface area (Å²) in [5.41, 5.74) is 4.47. The van der Waals surface area contributed by atoms with E-state index in [0.29, 0.717) is 27.3 Å². The Kier molecular flexibility index (Phi) is 4.66. The van der Waals surface area contributed by atoms with Crippen LogP contribution in [0.25, 0.3) is 5.69 Å². The van der Waals surface area contributed by atoms with Crippen LogP contribution in [-0.4, -0.2) is 14.8 Å². The molecule has 27 heavy (non-hydrogen) atoms. The average molecular weight is 401 g/mol. The summed E-state index contributed by atoms with van der Waals surface area (Å²) in [5.74, 6) is 1.06. The smallest absolute Gasteiger partial charge is 0.263 e. The highest BCUT2D eigenvalue weighted by Gasteiger charge is 2.43. The van der Waals surface area contributed by atoms with Crippen LogP contribution in [0.4, 0.5) is 0 Å². The number of hydrogen-bond donors (Lipinski definition) is 1. The van der Waals surface area contributed by atoms with Gasteiger partial charge < -0.3 is 4.98 Å². The first-order valence-electron chi connectivity index (χ1n) is 9.81. The Hall–Kier alpha value is -1.33. The number of aromatic amines is 1. The normalized spacial score (nSPS) is 24.6. The zero-order valence-electron chi connectivity index (χ0n) is 16.8. The Morgan fingerprint density at radius 3 is 2.48 bits per heavy atom. The molecule has 2 heterocycles. The molecule has 0 saturated heterocycles. The number of benzene rings is 1. The van der Waals surface area contributed by atoms with Gasteiger partial charge in [0.2, 0.25) is 0 Å². The van der Waals surface area contributed by atoms with Crippen molar-refractivity contribution < 1.29 is 0 Å². The second-order valence-electron chi connectivity index (χ2n) is 9.19. The summed E-state index contributed by atoms with van der Waals surface area (Å²) in [7, 11) is 0. The van der Waals surface area contributed by atoms with Gasteiger partial charge in [-0.25, -0.2) is 0 Å². The van der Waals surface area contributed by atoms with Crippen LogP contribution in [0.2, 0.25) is 0 Å². The summed E-state index contributed by atoms with van der Waals surface area (Å²) in [4.78, 5) is 17.0. The predicted molar refractivity (Wildman–Crippen MR) is 116 cm³/mol. The number of nitrogens with zero attached hydrogens (tertiary/aromatic N) is 1. The lowest BCUT2D eigenvalue weighted by Crippen LogP contribution is -2.33. The minimum Gasteiger partial charge on any atom is -0.326 e. The first kappa shape index (κ1) is 19.0. The summed E-state index contributed by atoms with van der Waals surface area (Å²) in [6, 6.07) is 6.12. The van der Waals surface area contributed by atoms with Gasteiger partial charge in [0.05, 0.1) is 16.3 Å². The van der Waals surface area contributed by atoms with Crippen LogP contribution >= 0.6 is 24.0 Å². The maximum Gasteiger partial charge on any atom is 0.263 e. The maximum atomic E-state index is 13.6. The van der Waals surface area contributed by atoms with Gasteiger partial charge >= 0.3 is 0 Å². The molecular formula is C22H28N2OS2. The van der Waals surface area contributed by atoms with Crippen LogP contribution in [-0.2, 0) is 0 Å². The first-order valence-corrected chi connectivity index (χ1v) is 11.1. The van der Waals surface area contributed by atoms with E-state index in [-0.39, 0.29) is 5.56 Å². The van der Waals surface area contributed by atoms with Crippen LogP contribution in [0.5, 0.6) is 0 Å². The van der Waals surface area contributed by atoms with Crippen molar-refractivity contribution in [2.45, 2.75) is 70.1 Å². The third-order valence-corrected chi connectivity index (χ3v) is 8.09. The molecule has 1 aromatic heterocycles. The summed E-state index contributed by atoms with van der Waals surface area (Å²) in [6.45, 7) is 11.1. The molecule has 3 atom stereocenters. The number of hydrogen-bond acceptors (Lipinski definition) is 3. The summed E-state index contributed by atoms with van der Waals surface area (Å²) in [6.07, 6.45) is 3.47. The van der Waals surface area contributed by atoms with Gasteiger partial charge in [-0.3, -0.25) is 9.36 Å². The first-order chi connectivity index (χ1) is 12.7. The lowest BCUT2D eigenvalue weighted by Gasteiger charge is -2.38. The van der Waals surface area contributed by atoms with Crippen molar-refractivity contribution in [1.29, 1.82) is 0 Å². The van der Waals surface area contributed by atoms with Gasteiger partial charge in [0.25, 0.3) is 5.56 Å². The monoisotopic (exact) mass is 400 g/mol. The Morgan fingerprint density at radius 2 is 1.85 bits per heavy atom. The summed E-state index contributed by atoms with van der Waals surface area (Å²) in [5, 5.41) is 1.50. The standard InChI is InChI=1S/C22H28N2OS2/c1-12-7-6-8-13(2)18(12)24-20(25)17-15-10-9-14(22(3,4)5)11-16(15)27-19(17)23-21(24)26/h6-8,14-16H,9-11H2,1-5H3,(H,23,26). The van der Waals surface area contributed by atoms with E-state index in [1.165, 1.54) is 12.8 Å². The SMILES string of the molecule is Cc1cccc(C)c1-n1c(=S)[nH]c2c(c1=O)C1CCC(C(C)(C)C)CC1S2. The van der Waals surface area contributed by atoms with Crippen LogP contribution in [0, 0.1) is 30.0 Å². The van der Waals surface area contributed by atoms with Gasteiger partial charge in [0, 0.05) is 11.2 Å². The van der Waals surface area contributed by atoms with Gasteiger partial charge in [-0.1, -0.05) is 39.0 Å². The van der Waals surface area contributed by atoms with Crippen molar-refractivity contribution in [2.24, 2.45) is 11.3 Å². The largest absolute Gasteiger partial charge is 0.326 e. The molecule has 1 N–H and O–H groups in total. The molecule has 0 amide bonds. The van der Waals surface area contributed by atoms with Crippen molar-refractivity contribution >= 4 is 24.0 Å². The van der Waals surface area contributed by atoms with Gasteiger partial charge in [0.15, 0.2) is 4.77 Å². The molecule has 1 aliphatic heterocycles. The quantitative estimate of drug-likeness (QED) is 0.477. The van der Waals surface area contributed by atoms with E-state index >= 15 is 0 Å². The van der Waals surface area contributed by atoms with Gasteiger partial charge in [-0.15, -0.1) is 11.8 Å². The zero-order chi connectivity index (χ0) is 19.5. The van der Waals surface area contributed by atoms with Crippen molar-refractivity contribution in [2.75, 3.05) is 0 Å². The molecule has 1 aliphatic carbocycles. The van der Waals surface area contributed by atoms with E-state index in [4.69, 9.17) is 12.2 Å².